The lowest BCUT2D eigenvalue weighted by atomic mass is 9.87. The van der Waals surface area contributed by atoms with Crippen molar-refractivity contribution in [2.75, 3.05) is 19.7 Å². The molecule has 2 unspecified atom stereocenters. The molecule has 0 aromatic rings. The first-order valence-corrected chi connectivity index (χ1v) is 5.34. The Balaban J connectivity index is 1.83. The molecule has 0 radical (unpaired) electrons. The number of aliphatic hydroxyl groups is 2. The molecular formula is C10H19NO2. The van der Waals surface area contributed by atoms with Gasteiger partial charge in [-0.15, -0.1) is 0 Å². The summed E-state index contributed by atoms with van der Waals surface area (Å²) in [4.78, 5) is 2.39. The van der Waals surface area contributed by atoms with Gasteiger partial charge in [0.25, 0.3) is 0 Å². The zero-order valence-electron chi connectivity index (χ0n) is 8.02. The maximum absolute atomic E-state index is 9.71. The first-order valence-electron chi connectivity index (χ1n) is 5.34. The summed E-state index contributed by atoms with van der Waals surface area (Å²) < 4.78 is 0. The maximum Gasteiger partial charge on any atom is 0.0717 e. The van der Waals surface area contributed by atoms with Gasteiger partial charge < -0.3 is 10.2 Å². The number of rotatable bonds is 2. The molecule has 2 aliphatic rings. The molecule has 2 rings (SSSR count). The predicted octanol–water partition coefficient (Wildman–Crippen LogP) is 0.214. The Kier molecular flexibility index (Phi) is 2.86. The zero-order valence-corrected chi connectivity index (χ0v) is 8.02. The molecule has 2 fully saturated rings. The smallest absolute Gasteiger partial charge is 0.0717 e. The molecule has 1 saturated heterocycles. The van der Waals surface area contributed by atoms with Crippen LogP contribution < -0.4 is 0 Å². The second-order valence-electron chi connectivity index (χ2n) is 4.38. The zero-order chi connectivity index (χ0) is 9.26. The van der Waals surface area contributed by atoms with E-state index in [1.54, 1.807) is 0 Å². The van der Waals surface area contributed by atoms with Gasteiger partial charge in [-0.25, -0.2) is 0 Å². The molecular weight excluding hydrogens is 166 g/mol. The van der Waals surface area contributed by atoms with Crippen LogP contribution in [0, 0.1) is 5.92 Å². The fourth-order valence-corrected chi connectivity index (χ4v) is 2.30. The molecule has 2 atom stereocenters. The SMILES string of the molecule is OCC1CCN(C2CCC2)CC1O. The van der Waals surface area contributed by atoms with Crippen LogP contribution in [0.3, 0.4) is 0 Å². The number of aliphatic hydroxyl groups excluding tert-OH is 2. The van der Waals surface area contributed by atoms with E-state index in [1.807, 2.05) is 0 Å². The number of likely N-dealkylation sites (tertiary alicyclic amines) is 1. The van der Waals surface area contributed by atoms with Gasteiger partial charge in [-0.2, -0.15) is 0 Å². The third-order valence-electron chi connectivity index (χ3n) is 3.58. The number of hydrogen-bond donors (Lipinski definition) is 2. The molecule has 0 aromatic heterocycles. The molecule has 1 aliphatic heterocycles. The van der Waals surface area contributed by atoms with Crippen LogP contribution in [0.15, 0.2) is 0 Å². The topological polar surface area (TPSA) is 43.7 Å². The van der Waals surface area contributed by atoms with Crippen molar-refractivity contribution in [3.05, 3.63) is 0 Å². The van der Waals surface area contributed by atoms with E-state index >= 15 is 0 Å². The first kappa shape index (κ1) is 9.44. The van der Waals surface area contributed by atoms with Crippen molar-refractivity contribution in [2.45, 2.75) is 37.8 Å². The van der Waals surface area contributed by atoms with Crippen molar-refractivity contribution in [3.63, 3.8) is 0 Å². The van der Waals surface area contributed by atoms with E-state index in [9.17, 15) is 5.11 Å². The van der Waals surface area contributed by atoms with E-state index in [1.165, 1.54) is 19.3 Å². The molecule has 0 aromatic carbocycles. The van der Waals surface area contributed by atoms with Crippen LogP contribution in [0.5, 0.6) is 0 Å². The second-order valence-corrected chi connectivity index (χ2v) is 4.38. The van der Waals surface area contributed by atoms with Crippen LogP contribution in [0.4, 0.5) is 0 Å². The Morgan fingerprint density at radius 3 is 2.46 bits per heavy atom. The third kappa shape index (κ3) is 1.87. The van der Waals surface area contributed by atoms with E-state index in [0.717, 1.165) is 25.6 Å². The number of hydrogen-bond acceptors (Lipinski definition) is 3. The van der Waals surface area contributed by atoms with Crippen LogP contribution in [-0.4, -0.2) is 47.0 Å². The van der Waals surface area contributed by atoms with Gasteiger partial charge in [-0.3, -0.25) is 4.90 Å². The Labute approximate surface area is 79.4 Å². The summed E-state index contributed by atoms with van der Waals surface area (Å²) in [5.41, 5.74) is 0. The molecule has 3 nitrogen and oxygen atoms in total. The standard InChI is InChI=1S/C10H19NO2/c12-7-8-4-5-11(6-10(8)13)9-2-1-3-9/h8-10,12-13H,1-7H2. The van der Waals surface area contributed by atoms with Gasteiger partial charge in [0.2, 0.25) is 0 Å². The highest BCUT2D eigenvalue weighted by atomic mass is 16.3. The lowest BCUT2D eigenvalue weighted by Crippen LogP contribution is -2.51. The highest BCUT2D eigenvalue weighted by Gasteiger charge is 2.32. The Morgan fingerprint density at radius 1 is 1.23 bits per heavy atom. The van der Waals surface area contributed by atoms with E-state index < -0.39 is 0 Å². The van der Waals surface area contributed by atoms with Crippen LogP contribution in [0.25, 0.3) is 0 Å². The normalized spacial score (nSPS) is 37.4. The summed E-state index contributed by atoms with van der Waals surface area (Å²) in [7, 11) is 0. The average Bonchev–Trinajstić information content (AvgIpc) is 2.01. The molecule has 0 bridgehead atoms. The summed E-state index contributed by atoms with van der Waals surface area (Å²) in [5.74, 6) is 0.122. The molecule has 76 valence electrons. The Morgan fingerprint density at radius 2 is 2.00 bits per heavy atom. The fourth-order valence-electron chi connectivity index (χ4n) is 2.30. The van der Waals surface area contributed by atoms with Crippen LogP contribution in [0.1, 0.15) is 25.7 Å². The van der Waals surface area contributed by atoms with E-state index in [2.05, 4.69) is 4.90 Å². The first-order chi connectivity index (χ1) is 6.31. The van der Waals surface area contributed by atoms with Gasteiger partial charge in [0, 0.05) is 25.1 Å². The largest absolute Gasteiger partial charge is 0.396 e. The van der Waals surface area contributed by atoms with Crippen LogP contribution in [-0.2, 0) is 0 Å². The van der Waals surface area contributed by atoms with Crippen molar-refractivity contribution in [3.8, 4) is 0 Å². The molecule has 1 saturated carbocycles. The van der Waals surface area contributed by atoms with E-state index in [0.29, 0.717) is 0 Å². The van der Waals surface area contributed by atoms with Gasteiger partial charge in [-0.1, -0.05) is 6.42 Å². The lowest BCUT2D eigenvalue weighted by molar-refractivity contribution is -0.0289. The number of β-amino-alcohol motifs (C(OH)–C–C–N with tert-alkyl or cyclic N) is 1. The third-order valence-corrected chi connectivity index (χ3v) is 3.58. The van der Waals surface area contributed by atoms with Crippen molar-refractivity contribution in [1.82, 2.24) is 4.90 Å². The molecule has 1 aliphatic carbocycles. The summed E-state index contributed by atoms with van der Waals surface area (Å²) in [6, 6.07) is 0.731. The molecule has 0 amide bonds. The van der Waals surface area contributed by atoms with Crippen molar-refractivity contribution >= 4 is 0 Å². The summed E-state index contributed by atoms with van der Waals surface area (Å²) in [5, 5.41) is 18.7. The average molecular weight is 185 g/mol. The van der Waals surface area contributed by atoms with Gasteiger partial charge in [0.15, 0.2) is 0 Å². The minimum atomic E-state index is -0.306. The molecule has 13 heavy (non-hydrogen) atoms. The van der Waals surface area contributed by atoms with E-state index in [-0.39, 0.29) is 18.6 Å². The van der Waals surface area contributed by atoms with Gasteiger partial charge >= 0.3 is 0 Å². The molecule has 0 spiro atoms. The minimum absolute atomic E-state index is 0.122. The highest BCUT2D eigenvalue weighted by molar-refractivity contribution is 4.87. The maximum atomic E-state index is 9.71. The quantitative estimate of drug-likeness (QED) is 0.646. The molecule has 1 heterocycles. The van der Waals surface area contributed by atoms with Gasteiger partial charge in [-0.05, 0) is 25.8 Å². The minimum Gasteiger partial charge on any atom is -0.396 e. The number of piperidine rings is 1. The lowest BCUT2D eigenvalue weighted by Gasteiger charge is -2.43. The van der Waals surface area contributed by atoms with Gasteiger partial charge in [0.1, 0.15) is 0 Å². The Bertz CT molecular complexity index is 170. The van der Waals surface area contributed by atoms with Crippen molar-refractivity contribution in [2.24, 2.45) is 5.92 Å². The molecule has 2 N–H and O–H groups in total. The molecule has 3 heteroatoms. The summed E-state index contributed by atoms with van der Waals surface area (Å²) in [6.45, 7) is 1.97. The van der Waals surface area contributed by atoms with Gasteiger partial charge in [0.05, 0.1) is 6.10 Å². The number of nitrogens with zero attached hydrogens (tertiary/aromatic N) is 1. The van der Waals surface area contributed by atoms with Crippen molar-refractivity contribution in [1.29, 1.82) is 0 Å². The highest BCUT2D eigenvalue weighted by Crippen LogP contribution is 2.28. The second kappa shape index (κ2) is 3.95. The Hall–Kier alpha value is -0.120. The predicted molar refractivity (Wildman–Crippen MR) is 50.4 cm³/mol. The van der Waals surface area contributed by atoms with Crippen LogP contribution >= 0.6 is 0 Å². The van der Waals surface area contributed by atoms with E-state index in [4.69, 9.17) is 5.11 Å². The summed E-state index contributed by atoms with van der Waals surface area (Å²) in [6.07, 6.45) is 4.60. The monoisotopic (exact) mass is 185 g/mol. The van der Waals surface area contributed by atoms with Crippen LogP contribution in [0.2, 0.25) is 0 Å². The summed E-state index contributed by atoms with van der Waals surface area (Å²) >= 11 is 0. The fraction of sp³-hybridized carbons (Fsp3) is 1.00. The van der Waals surface area contributed by atoms with Crippen molar-refractivity contribution < 1.29 is 10.2 Å².